The molecule has 0 atom stereocenters. The van der Waals surface area contributed by atoms with Gasteiger partial charge < -0.3 is 19.4 Å². The highest BCUT2D eigenvalue weighted by Crippen LogP contribution is 2.26. The number of phenols is 1. The summed E-state index contributed by atoms with van der Waals surface area (Å²) in [7, 11) is 0. The van der Waals surface area contributed by atoms with E-state index in [2.05, 4.69) is 31.0 Å². The molecule has 4 rings (SSSR count). The number of benzene rings is 2. The number of hydrogen-bond acceptors (Lipinski definition) is 5. The molecule has 1 fully saturated rings. The third-order valence-electron chi connectivity index (χ3n) is 4.65. The third-order valence-corrected chi connectivity index (χ3v) is 5.14. The summed E-state index contributed by atoms with van der Waals surface area (Å²) in [5, 5.41) is 14.1. The lowest BCUT2D eigenvalue weighted by molar-refractivity contribution is -0.915. The number of aromatic hydroxyl groups is 1. The molecule has 0 spiro atoms. The van der Waals surface area contributed by atoms with Gasteiger partial charge in [0.25, 0.3) is 5.89 Å². The van der Waals surface area contributed by atoms with Gasteiger partial charge in [-0.05, 0) is 24.3 Å². The summed E-state index contributed by atoms with van der Waals surface area (Å²) in [5.74, 6) is 1.62. The molecule has 1 aromatic heterocycles. The van der Waals surface area contributed by atoms with Gasteiger partial charge in [-0.2, -0.15) is 4.98 Å². The van der Waals surface area contributed by atoms with Crippen LogP contribution in [-0.2, 0) is 6.54 Å². The Morgan fingerprint density at radius 2 is 1.92 bits per heavy atom. The second kappa shape index (κ2) is 7.47. The maximum Gasteiger partial charge on any atom is 0.282 e. The maximum absolute atomic E-state index is 10.0. The van der Waals surface area contributed by atoms with E-state index in [1.54, 1.807) is 6.07 Å². The van der Waals surface area contributed by atoms with Gasteiger partial charge in [-0.1, -0.05) is 45.4 Å². The molecule has 0 saturated carbocycles. The molecule has 3 aromatic rings. The Morgan fingerprint density at radius 3 is 2.69 bits per heavy atom. The predicted molar refractivity (Wildman–Crippen MR) is 102 cm³/mol. The van der Waals surface area contributed by atoms with Crippen molar-refractivity contribution in [3.63, 3.8) is 0 Å². The van der Waals surface area contributed by atoms with Gasteiger partial charge in [0.15, 0.2) is 6.54 Å². The van der Waals surface area contributed by atoms with Crippen molar-refractivity contribution in [2.75, 3.05) is 31.1 Å². The molecule has 1 aliphatic rings. The van der Waals surface area contributed by atoms with Gasteiger partial charge in [0.05, 0.1) is 31.9 Å². The molecule has 1 aliphatic heterocycles. The van der Waals surface area contributed by atoms with Crippen LogP contribution in [0.1, 0.15) is 5.89 Å². The van der Waals surface area contributed by atoms with Crippen LogP contribution in [0.2, 0.25) is 0 Å². The number of rotatable bonds is 4. The number of nitrogens with zero attached hydrogens (tertiary/aromatic N) is 3. The summed E-state index contributed by atoms with van der Waals surface area (Å²) in [6.45, 7) is 4.42. The van der Waals surface area contributed by atoms with Crippen LogP contribution >= 0.6 is 15.9 Å². The quantitative estimate of drug-likeness (QED) is 0.682. The first kappa shape index (κ1) is 17.1. The van der Waals surface area contributed by atoms with E-state index < -0.39 is 0 Å². The van der Waals surface area contributed by atoms with E-state index in [4.69, 9.17) is 4.52 Å². The van der Waals surface area contributed by atoms with Gasteiger partial charge in [-0.3, -0.25) is 0 Å². The van der Waals surface area contributed by atoms with E-state index >= 15 is 0 Å². The number of quaternary nitrogens is 1. The van der Waals surface area contributed by atoms with Gasteiger partial charge in [0.2, 0.25) is 5.82 Å². The average Bonchev–Trinajstić information content (AvgIpc) is 3.12. The van der Waals surface area contributed by atoms with Crippen molar-refractivity contribution in [2.24, 2.45) is 0 Å². The second-order valence-electron chi connectivity index (χ2n) is 6.42. The minimum absolute atomic E-state index is 0.339. The zero-order valence-electron chi connectivity index (χ0n) is 14.2. The summed E-state index contributed by atoms with van der Waals surface area (Å²) < 4.78 is 6.43. The van der Waals surface area contributed by atoms with Crippen LogP contribution in [0, 0.1) is 0 Å². The zero-order chi connectivity index (χ0) is 17.9. The monoisotopic (exact) mass is 415 g/mol. The molecule has 26 heavy (non-hydrogen) atoms. The lowest BCUT2D eigenvalue weighted by Gasteiger charge is -2.33. The molecule has 6 nitrogen and oxygen atoms in total. The highest BCUT2D eigenvalue weighted by molar-refractivity contribution is 9.10. The zero-order valence-corrected chi connectivity index (χ0v) is 15.8. The Hall–Kier alpha value is -2.38. The molecular weight excluding hydrogens is 396 g/mol. The molecule has 0 radical (unpaired) electrons. The molecule has 2 N–H and O–H groups in total. The number of para-hydroxylation sites is 2. The normalized spacial score (nSPS) is 15.3. The lowest BCUT2D eigenvalue weighted by Crippen LogP contribution is -3.13. The summed E-state index contributed by atoms with van der Waals surface area (Å²) in [4.78, 5) is 8.16. The van der Waals surface area contributed by atoms with Crippen LogP contribution in [0.5, 0.6) is 5.75 Å². The number of hydrogen-bond donors (Lipinski definition) is 2. The molecule has 2 aromatic carbocycles. The smallest absolute Gasteiger partial charge is 0.282 e. The second-order valence-corrected chi connectivity index (χ2v) is 7.34. The van der Waals surface area contributed by atoms with Crippen LogP contribution in [0.3, 0.4) is 0 Å². The highest BCUT2D eigenvalue weighted by atomic mass is 79.9. The minimum atomic E-state index is 0.339. The van der Waals surface area contributed by atoms with Gasteiger partial charge in [-0.25, -0.2) is 0 Å². The standard InChI is InChI=1S/C19H19BrN4O2/c20-15-5-3-4-14(12-15)19-21-18(26-22-19)13-23-8-10-24(11-9-23)16-6-1-2-7-17(16)25/h1-7,12,25H,8-11,13H2/p+1. The highest BCUT2D eigenvalue weighted by Gasteiger charge is 2.23. The molecule has 134 valence electrons. The molecule has 0 unspecified atom stereocenters. The molecule has 1 saturated heterocycles. The Labute approximate surface area is 160 Å². The lowest BCUT2D eigenvalue weighted by atomic mass is 10.2. The first-order valence-electron chi connectivity index (χ1n) is 8.64. The number of aromatic nitrogens is 2. The molecule has 2 heterocycles. The molecule has 0 bridgehead atoms. The van der Waals surface area contributed by atoms with Gasteiger partial charge in [0, 0.05) is 10.0 Å². The van der Waals surface area contributed by atoms with Crippen LogP contribution < -0.4 is 9.80 Å². The average molecular weight is 416 g/mol. The van der Waals surface area contributed by atoms with Gasteiger partial charge >= 0.3 is 0 Å². The molecule has 0 amide bonds. The van der Waals surface area contributed by atoms with Crippen molar-refractivity contribution in [3.05, 3.63) is 58.9 Å². The third kappa shape index (κ3) is 3.73. The van der Waals surface area contributed by atoms with E-state index in [1.165, 1.54) is 4.90 Å². The fourth-order valence-electron chi connectivity index (χ4n) is 3.26. The van der Waals surface area contributed by atoms with Crippen molar-refractivity contribution >= 4 is 21.6 Å². The minimum Gasteiger partial charge on any atom is -0.506 e. The summed E-state index contributed by atoms with van der Waals surface area (Å²) in [6.07, 6.45) is 0. The Morgan fingerprint density at radius 1 is 1.12 bits per heavy atom. The van der Waals surface area contributed by atoms with E-state index in [0.717, 1.165) is 48.4 Å². The van der Waals surface area contributed by atoms with E-state index in [-0.39, 0.29) is 0 Å². The van der Waals surface area contributed by atoms with Crippen molar-refractivity contribution in [2.45, 2.75) is 6.54 Å². The van der Waals surface area contributed by atoms with Gasteiger partial charge in [0.1, 0.15) is 5.75 Å². The summed E-state index contributed by atoms with van der Waals surface area (Å²) in [6, 6.07) is 15.4. The van der Waals surface area contributed by atoms with E-state index in [1.807, 2.05) is 42.5 Å². The molecule has 0 aliphatic carbocycles. The fraction of sp³-hybridized carbons (Fsp3) is 0.263. The van der Waals surface area contributed by atoms with Crippen LogP contribution in [0.15, 0.2) is 57.5 Å². The van der Waals surface area contributed by atoms with E-state index in [9.17, 15) is 5.11 Å². The van der Waals surface area contributed by atoms with E-state index in [0.29, 0.717) is 17.5 Å². The van der Waals surface area contributed by atoms with Gasteiger partial charge in [-0.15, -0.1) is 0 Å². The van der Waals surface area contributed by atoms with Crippen LogP contribution in [0.25, 0.3) is 11.4 Å². The SMILES string of the molecule is Oc1ccccc1N1CC[NH+](Cc2nc(-c3cccc(Br)c3)no2)CC1. The fourth-order valence-corrected chi connectivity index (χ4v) is 3.66. The topological polar surface area (TPSA) is 66.8 Å². The number of halogens is 1. The first-order valence-corrected chi connectivity index (χ1v) is 9.43. The predicted octanol–water partition coefficient (Wildman–Crippen LogP) is 2.11. The van der Waals surface area contributed by atoms with Crippen LogP contribution in [0.4, 0.5) is 5.69 Å². The Balaban J connectivity index is 1.37. The number of piperazine rings is 1. The molecule has 7 heteroatoms. The Bertz CT molecular complexity index is 891. The number of nitrogens with one attached hydrogen (secondary N) is 1. The summed E-state index contributed by atoms with van der Waals surface area (Å²) >= 11 is 3.46. The maximum atomic E-state index is 10.0. The largest absolute Gasteiger partial charge is 0.506 e. The number of phenolic OH excluding ortho intramolecular Hbond substituents is 1. The van der Waals surface area contributed by atoms with Crippen molar-refractivity contribution < 1.29 is 14.5 Å². The van der Waals surface area contributed by atoms with Crippen molar-refractivity contribution in [1.29, 1.82) is 0 Å². The van der Waals surface area contributed by atoms with Crippen LogP contribution in [-0.4, -0.2) is 41.4 Å². The molecular formula is C19H20BrN4O2+. The Kier molecular flexibility index (Phi) is 4.90. The van der Waals surface area contributed by atoms with Crippen molar-refractivity contribution in [1.82, 2.24) is 10.1 Å². The van der Waals surface area contributed by atoms with Crippen molar-refractivity contribution in [3.8, 4) is 17.1 Å². The summed E-state index contributed by atoms with van der Waals surface area (Å²) in [5.41, 5.74) is 1.84. The first-order chi connectivity index (χ1) is 12.7. The number of anilines is 1.